The number of hydrogen-bond acceptors (Lipinski definition) is 3. The van der Waals surface area contributed by atoms with Crippen molar-refractivity contribution in [2.45, 2.75) is 20.0 Å². The number of amides is 1. The number of aryl methyl sites for hydroxylation is 1. The number of benzene rings is 1. The number of fused-ring (bicyclic) bond motifs is 1. The SMILES string of the molecule is Cc1sc2c(c1C)C(=O)NC(c1ccc(Cl)c(Cl)c1)N2. The zero-order chi connectivity index (χ0) is 14.4. The summed E-state index contributed by atoms with van der Waals surface area (Å²) in [5, 5.41) is 8.16. The molecule has 1 amide bonds. The number of halogens is 2. The van der Waals surface area contributed by atoms with E-state index in [1.807, 2.05) is 19.9 Å². The molecule has 1 aromatic heterocycles. The van der Waals surface area contributed by atoms with Gasteiger partial charge in [0.1, 0.15) is 11.2 Å². The second-order valence-electron chi connectivity index (χ2n) is 4.71. The molecular formula is C14H12Cl2N2OS. The minimum Gasteiger partial charge on any atom is -0.353 e. The maximum Gasteiger partial charge on any atom is 0.256 e. The highest BCUT2D eigenvalue weighted by Crippen LogP contribution is 2.37. The minimum absolute atomic E-state index is 0.0586. The smallest absolute Gasteiger partial charge is 0.256 e. The average Bonchev–Trinajstić information content (AvgIpc) is 2.68. The van der Waals surface area contributed by atoms with Crippen LogP contribution in [-0.2, 0) is 0 Å². The molecule has 1 aromatic carbocycles. The summed E-state index contributed by atoms with van der Waals surface area (Å²) >= 11 is 13.5. The molecule has 1 atom stereocenters. The van der Waals surface area contributed by atoms with Crippen molar-refractivity contribution in [3.05, 3.63) is 49.8 Å². The van der Waals surface area contributed by atoms with Gasteiger partial charge in [-0.05, 0) is 37.1 Å². The maximum atomic E-state index is 12.3. The van der Waals surface area contributed by atoms with Crippen molar-refractivity contribution in [1.82, 2.24) is 5.32 Å². The zero-order valence-corrected chi connectivity index (χ0v) is 13.2. The molecule has 3 rings (SSSR count). The van der Waals surface area contributed by atoms with Crippen LogP contribution in [0.25, 0.3) is 0 Å². The van der Waals surface area contributed by atoms with E-state index >= 15 is 0 Å². The Bertz CT molecular complexity index is 711. The summed E-state index contributed by atoms with van der Waals surface area (Å²) in [6.45, 7) is 3.98. The van der Waals surface area contributed by atoms with E-state index in [-0.39, 0.29) is 12.1 Å². The summed E-state index contributed by atoms with van der Waals surface area (Å²) in [6, 6.07) is 5.35. The number of carbonyl (C=O) groups excluding carboxylic acids is 1. The molecule has 6 heteroatoms. The molecule has 0 bridgehead atoms. The summed E-state index contributed by atoms with van der Waals surface area (Å²) in [5.41, 5.74) is 2.65. The van der Waals surface area contributed by atoms with Gasteiger partial charge in [-0.25, -0.2) is 0 Å². The first kappa shape index (κ1) is 13.7. The van der Waals surface area contributed by atoms with Crippen molar-refractivity contribution in [2.75, 3.05) is 5.32 Å². The standard InChI is InChI=1S/C14H12Cl2N2OS/c1-6-7(2)20-14-11(6)13(19)17-12(18-14)8-3-4-9(15)10(16)5-8/h3-5,12,18H,1-2H3,(H,17,19). The van der Waals surface area contributed by atoms with Gasteiger partial charge in [-0.2, -0.15) is 0 Å². The Morgan fingerprint density at radius 3 is 2.60 bits per heavy atom. The van der Waals surface area contributed by atoms with Gasteiger partial charge in [0.2, 0.25) is 0 Å². The average molecular weight is 327 g/mol. The van der Waals surface area contributed by atoms with Gasteiger partial charge in [0, 0.05) is 4.88 Å². The van der Waals surface area contributed by atoms with Crippen LogP contribution in [0.5, 0.6) is 0 Å². The van der Waals surface area contributed by atoms with Gasteiger partial charge in [0.25, 0.3) is 5.91 Å². The molecule has 1 aliphatic rings. The quantitative estimate of drug-likeness (QED) is 0.808. The molecule has 20 heavy (non-hydrogen) atoms. The normalized spacial score (nSPS) is 17.4. The van der Waals surface area contributed by atoms with Crippen LogP contribution < -0.4 is 10.6 Å². The minimum atomic E-state index is -0.290. The Kier molecular flexibility index (Phi) is 3.40. The van der Waals surface area contributed by atoms with Gasteiger partial charge >= 0.3 is 0 Å². The van der Waals surface area contributed by atoms with Crippen LogP contribution >= 0.6 is 34.5 Å². The lowest BCUT2D eigenvalue weighted by molar-refractivity contribution is 0.0936. The largest absolute Gasteiger partial charge is 0.353 e. The van der Waals surface area contributed by atoms with Crippen LogP contribution in [0.1, 0.15) is 32.5 Å². The van der Waals surface area contributed by atoms with Crippen molar-refractivity contribution in [3.8, 4) is 0 Å². The van der Waals surface area contributed by atoms with Crippen LogP contribution in [0.2, 0.25) is 10.0 Å². The second-order valence-corrected chi connectivity index (χ2v) is 6.75. The molecule has 2 heterocycles. The second kappa shape index (κ2) is 4.95. The number of thiophene rings is 1. The molecule has 3 nitrogen and oxygen atoms in total. The van der Waals surface area contributed by atoms with Crippen molar-refractivity contribution in [1.29, 1.82) is 0 Å². The lowest BCUT2D eigenvalue weighted by Gasteiger charge is -2.26. The van der Waals surface area contributed by atoms with Crippen molar-refractivity contribution in [3.63, 3.8) is 0 Å². The van der Waals surface area contributed by atoms with Crippen LogP contribution in [0.15, 0.2) is 18.2 Å². The van der Waals surface area contributed by atoms with Gasteiger partial charge < -0.3 is 10.6 Å². The molecule has 0 radical (unpaired) electrons. The molecule has 0 spiro atoms. The molecule has 0 aliphatic carbocycles. The predicted octanol–water partition coefficient (Wildman–Crippen LogP) is 4.53. The monoisotopic (exact) mass is 326 g/mol. The number of carbonyl (C=O) groups is 1. The molecule has 1 aliphatic heterocycles. The maximum absolute atomic E-state index is 12.3. The summed E-state index contributed by atoms with van der Waals surface area (Å²) < 4.78 is 0. The van der Waals surface area contributed by atoms with Crippen molar-refractivity contribution >= 4 is 45.4 Å². The molecule has 2 aromatic rings. The molecule has 0 fully saturated rings. The fourth-order valence-corrected chi connectivity index (χ4v) is 3.62. The van der Waals surface area contributed by atoms with Crippen LogP contribution in [0.3, 0.4) is 0 Å². The number of rotatable bonds is 1. The number of anilines is 1. The van der Waals surface area contributed by atoms with E-state index in [1.165, 1.54) is 0 Å². The number of hydrogen-bond donors (Lipinski definition) is 2. The molecular weight excluding hydrogens is 315 g/mol. The van der Waals surface area contributed by atoms with E-state index < -0.39 is 0 Å². The Balaban J connectivity index is 1.99. The van der Waals surface area contributed by atoms with Crippen LogP contribution in [0.4, 0.5) is 5.00 Å². The molecule has 0 saturated carbocycles. The number of nitrogens with one attached hydrogen (secondary N) is 2. The first-order valence-electron chi connectivity index (χ1n) is 6.09. The summed E-state index contributed by atoms with van der Waals surface area (Å²) in [6.07, 6.45) is -0.290. The van der Waals surface area contributed by atoms with Crippen LogP contribution in [-0.4, -0.2) is 5.91 Å². The molecule has 0 saturated heterocycles. The molecule has 104 valence electrons. The third-order valence-electron chi connectivity index (χ3n) is 3.44. The highest BCUT2D eigenvalue weighted by molar-refractivity contribution is 7.16. The van der Waals surface area contributed by atoms with Crippen molar-refractivity contribution < 1.29 is 4.79 Å². The predicted molar refractivity (Wildman–Crippen MR) is 84.1 cm³/mol. The van der Waals surface area contributed by atoms with E-state index in [2.05, 4.69) is 10.6 Å². The van der Waals surface area contributed by atoms with E-state index in [9.17, 15) is 4.79 Å². The van der Waals surface area contributed by atoms with E-state index in [0.29, 0.717) is 10.0 Å². The lowest BCUT2D eigenvalue weighted by atomic mass is 10.1. The van der Waals surface area contributed by atoms with E-state index in [1.54, 1.807) is 23.5 Å². The summed E-state index contributed by atoms with van der Waals surface area (Å²) in [5.74, 6) is -0.0586. The van der Waals surface area contributed by atoms with Gasteiger partial charge in [-0.15, -0.1) is 11.3 Å². The zero-order valence-electron chi connectivity index (χ0n) is 10.9. The van der Waals surface area contributed by atoms with Crippen molar-refractivity contribution in [2.24, 2.45) is 0 Å². The Hall–Kier alpha value is -1.23. The van der Waals surface area contributed by atoms with E-state index in [0.717, 1.165) is 26.6 Å². The fourth-order valence-electron chi connectivity index (χ4n) is 2.23. The first-order chi connectivity index (χ1) is 9.47. The van der Waals surface area contributed by atoms with Gasteiger partial charge in [-0.3, -0.25) is 4.79 Å². The summed E-state index contributed by atoms with van der Waals surface area (Å²) in [7, 11) is 0. The Labute approximate surface area is 130 Å². The Morgan fingerprint density at radius 2 is 1.90 bits per heavy atom. The summed E-state index contributed by atoms with van der Waals surface area (Å²) in [4.78, 5) is 13.4. The van der Waals surface area contributed by atoms with Gasteiger partial charge in [0.15, 0.2) is 0 Å². The third kappa shape index (κ3) is 2.18. The lowest BCUT2D eigenvalue weighted by Crippen LogP contribution is -2.38. The van der Waals surface area contributed by atoms with E-state index in [4.69, 9.17) is 23.2 Å². The van der Waals surface area contributed by atoms with Gasteiger partial charge in [0.05, 0.1) is 15.6 Å². The highest BCUT2D eigenvalue weighted by Gasteiger charge is 2.29. The van der Waals surface area contributed by atoms with Crippen LogP contribution in [0, 0.1) is 13.8 Å². The Morgan fingerprint density at radius 1 is 1.15 bits per heavy atom. The fraction of sp³-hybridized carbons (Fsp3) is 0.214. The van der Waals surface area contributed by atoms with Gasteiger partial charge in [-0.1, -0.05) is 29.3 Å². The molecule has 2 N–H and O–H groups in total. The third-order valence-corrected chi connectivity index (χ3v) is 5.32. The first-order valence-corrected chi connectivity index (χ1v) is 7.67. The molecule has 1 unspecified atom stereocenters. The topological polar surface area (TPSA) is 41.1 Å². The highest BCUT2D eigenvalue weighted by atomic mass is 35.5.